The lowest BCUT2D eigenvalue weighted by molar-refractivity contribution is 0.929. The molecule has 0 aliphatic heterocycles. The van der Waals surface area contributed by atoms with Gasteiger partial charge in [-0.25, -0.2) is 19.9 Å². The number of allylic oxidation sites excluding steroid dienone is 4. The Morgan fingerprint density at radius 3 is 1.44 bits per heavy atom. The molecule has 1 aliphatic rings. The maximum atomic E-state index is 5.09. The second-order valence-corrected chi connectivity index (χ2v) is 15.9. The number of fused-ring (bicyclic) bond motifs is 1. The smallest absolute Gasteiger partial charge is 0.164 e. The zero-order valence-electron chi connectivity index (χ0n) is 35.0. The molecular formula is C58H42N6. The van der Waals surface area contributed by atoms with E-state index in [-0.39, 0.29) is 0 Å². The molecule has 0 amide bonds. The lowest BCUT2D eigenvalue weighted by Crippen LogP contribution is -2.18. The van der Waals surface area contributed by atoms with Gasteiger partial charge in [-0.3, -0.25) is 4.57 Å². The molecule has 0 saturated heterocycles. The summed E-state index contributed by atoms with van der Waals surface area (Å²) in [6.07, 6.45) is 6.28. The minimum Gasteiger partial charge on any atom is -0.314 e. The van der Waals surface area contributed by atoms with E-state index in [0.717, 1.165) is 74.6 Å². The van der Waals surface area contributed by atoms with Crippen LogP contribution in [0.25, 0.3) is 79.0 Å². The van der Waals surface area contributed by atoms with E-state index in [1.54, 1.807) is 0 Å². The lowest BCUT2D eigenvalue weighted by Gasteiger charge is -2.30. The highest BCUT2D eigenvalue weighted by molar-refractivity contribution is 5.84. The van der Waals surface area contributed by atoms with Gasteiger partial charge >= 0.3 is 0 Å². The van der Waals surface area contributed by atoms with Crippen molar-refractivity contribution in [3.8, 4) is 62.4 Å². The van der Waals surface area contributed by atoms with Crippen molar-refractivity contribution in [2.24, 2.45) is 0 Å². The van der Waals surface area contributed by atoms with Crippen LogP contribution in [0, 0.1) is 0 Å². The van der Waals surface area contributed by atoms with Gasteiger partial charge in [0, 0.05) is 45.0 Å². The number of nitrogens with zero attached hydrogens (tertiary/aromatic N) is 6. The Morgan fingerprint density at radius 2 is 0.844 bits per heavy atom. The van der Waals surface area contributed by atoms with Gasteiger partial charge in [0.05, 0.1) is 11.0 Å². The molecule has 0 N–H and O–H groups in total. The zero-order valence-corrected chi connectivity index (χ0v) is 35.0. The van der Waals surface area contributed by atoms with Gasteiger partial charge in [0.15, 0.2) is 17.5 Å². The van der Waals surface area contributed by atoms with Crippen LogP contribution in [0.1, 0.15) is 18.4 Å². The fraction of sp³-hybridized carbons (Fsp3) is 0.0345. The first-order valence-electron chi connectivity index (χ1n) is 21.7. The van der Waals surface area contributed by atoms with Gasteiger partial charge in [0.2, 0.25) is 0 Å². The molecule has 64 heavy (non-hydrogen) atoms. The second-order valence-electron chi connectivity index (χ2n) is 15.9. The van der Waals surface area contributed by atoms with E-state index in [4.69, 9.17) is 19.9 Å². The summed E-state index contributed by atoms with van der Waals surface area (Å²) in [5.74, 6) is 2.87. The van der Waals surface area contributed by atoms with Gasteiger partial charge in [-0.1, -0.05) is 170 Å². The second kappa shape index (κ2) is 17.1. The molecule has 0 unspecified atom stereocenters. The zero-order chi connectivity index (χ0) is 42.7. The minimum atomic E-state index is 0.648. The van der Waals surface area contributed by atoms with E-state index in [0.29, 0.717) is 17.5 Å². The van der Waals surface area contributed by atoms with Crippen LogP contribution in [0.5, 0.6) is 0 Å². The van der Waals surface area contributed by atoms with Crippen molar-refractivity contribution >= 4 is 28.0 Å². The van der Waals surface area contributed by atoms with Gasteiger partial charge in [-0.05, 0) is 95.8 Å². The number of anilines is 2. The third-order valence-corrected chi connectivity index (χ3v) is 11.8. The Balaban J connectivity index is 0.956. The average Bonchev–Trinajstić information content (AvgIpc) is 3.78. The summed E-state index contributed by atoms with van der Waals surface area (Å²) in [4.78, 5) is 22.4. The number of aromatic nitrogens is 5. The van der Waals surface area contributed by atoms with Crippen LogP contribution in [-0.4, -0.2) is 24.5 Å². The van der Waals surface area contributed by atoms with Crippen LogP contribution in [0.15, 0.2) is 236 Å². The standard InChI is InChI=1S/C58H42N6/c1-5-16-41(17-6-1)42-28-32-49(33-29-42)63(51-36-38-52(39-37-51)64-54-27-14-13-26-53(54)59-58(64)46-22-11-4-12-23-46)50-34-30-43(31-35-50)47-24-15-25-48(40-47)57-61-55(44-18-7-2-8-19-44)60-56(62-57)45-20-9-3-10-21-45/h1-30,32-34,36-40H,31,35H2. The number of benzene rings is 8. The Labute approximate surface area is 372 Å². The molecule has 8 aromatic carbocycles. The molecule has 0 fully saturated rings. The van der Waals surface area contributed by atoms with Crippen LogP contribution >= 0.6 is 0 Å². The average molecular weight is 823 g/mol. The number of hydrogen-bond acceptors (Lipinski definition) is 5. The van der Waals surface area contributed by atoms with Gasteiger partial charge in [-0.2, -0.15) is 0 Å². The summed E-state index contributed by atoms with van der Waals surface area (Å²) in [6.45, 7) is 0. The molecular weight excluding hydrogens is 781 g/mol. The lowest BCUT2D eigenvalue weighted by atomic mass is 9.93. The van der Waals surface area contributed by atoms with E-state index in [2.05, 4.69) is 167 Å². The third-order valence-electron chi connectivity index (χ3n) is 11.8. The van der Waals surface area contributed by atoms with Crippen molar-refractivity contribution in [3.63, 3.8) is 0 Å². The van der Waals surface area contributed by atoms with Gasteiger partial charge in [0.25, 0.3) is 0 Å². The van der Waals surface area contributed by atoms with Crippen molar-refractivity contribution in [1.29, 1.82) is 0 Å². The molecule has 6 nitrogen and oxygen atoms in total. The Morgan fingerprint density at radius 1 is 0.359 bits per heavy atom. The first-order chi connectivity index (χ1) is 31.7. The number of hydrogen-bond donors (Lipinski definition) is 0. The Hall–Kier alpha value is -8.48. The van der Waals surface area contributed by atoms with E-state index in [9.17, 15) is 0 Å². The molecule has 304 valence electrons. The first-order valence-corrected chi connectivity index (χ1v) is 21.7. The van der Waals surface area contributed by atoms with Crippen molar-refractivity contribution in [3.05, 3.63) is 242 Å². The van der Waals surface area contributed by atoms with Crippen LogP contribution in [0.3, 0.4) is 0 Å². The van der Waals surface area contributed by atoms with Crippen molar-refractivity contribution < 1.29 is 0 Å². The summed E-state index contributed by atoms with van der Waals surface area (Å²) in [7, 11) is 0. The fourth-order valence-corrected chi connectivity index (χ4v) is 8.58. The molecule has 1 aliphatic carbocycles. The van der Waals surface area contributed by atoms with Crippen molar-refractivity contribution in [2.45, 2.75) is 12.8 Å². The van der Waals surface area contributed by atoms with Crippen LogP contribution < -0.4 is 4.90 Å². The summed E-state index contributed by atoms with van der Waals surface area (Å²) in [6, 6.07) is 76.0. The maximum absolute atomic E-state index is 5.09. The SMILES string of the molecule is C1=C(c2cccc(-c3nc(-c4ccccc4)nc(-c4ccccc4)n3)c2)CCC(N(c2ccc(-c3ccccc3)cc2)c2ccc(-n3c(-c4ccccc4)nc4ccccc43)cc2)=C1. The van der Waals surface area contributed by atoms with Gasteiger partial charge in [-0.15, -0.1) is 0 Å². The predicted molar refractivity (Wildman–Crippen MR) is 262 cm³/mol. The summed E-state index contributed by atoms with van der Waals surface area (Å²) < 4.78 is 2.26. The predicted octanol–water partition coefficient (Wildman–Crippen LogP) is 14.4. The van der Waals surface area contributed by atoms with Crippen LogP contribution in [0.4, 0.5) is 11.4 Å². The molecule has 0 bridgehead atoms. The Bertz CT molecular complexity index is 3230. The van der Waals surface area contributed by atoms with Crippen LogP contribution in [-0.2, 0) is 0 Å². The highest BCUT2D eigenvalue weighted by Crippen LogP contribution is 2.39. The summed E-state index contributed by atoms with van der Waals surface area (Å²) in [5, 5.41) is 0. The molecule has 2 aromatic heterocycles. The van der Waals surface area contributed by atoms with E-state index in [1.165, 1.54) is 22.4 Å². The van der Waals surface area contributed by atoms with E-state index in [1.807, 2.05) is 72.8 Å². The molecule has 6 heteroatoms. The maximum Gasteiger partial charge on any atom is 0.164 e. The number of imidazole rings is 1. The minimum absolute atomic E-state index is 0.648. The molecule has 2 heterocycles. The van der Waals surface area contributed by atoms with Gasteiger partial charge < -0.3 is 4.90 Å². The van der Waals surface area contributed by atoms with Crippen LogP contribution in [0.2, 0.25) is 0 Å². The monoisotopic (exact) mass is 822 g/mol. The first kappa shape index (κ1) is 38.4. The number of para-hydroxylation sites is 2. The Kier molecular flexibility index (Phi) is 10.3. The third kappa shape index (κ3) is 7.69. The molecule has 0 radical (unpaired) electrons. The largest absolute Gasteiger partial charge is 0.314 e. The van der Waals surface area contributed by atoms with Gasteiger partial charge in [0.1, 0.15) is 5.82 Å². The highest BCUT2D eigenvalue weighted by Gasteiger charge is 2.21. The summed E-state index contributed by atoms with van der Waals surface area (Å²) in [5.41, 5.74) is 15.2. The summed E-state index contributed by atoms with van der Waals surface area (Å²) >= 11 is 0. The molecule has 10 aromatic rings. The molecule has 0 saturated carbocycles. The van der Waals surface area contributed by atoms with E-state index < -0.39 is 0 Å². The van der Waals surface area contributed by atoms with Crippen molar-refractivity contribution in [1.82, 2.24) is 24.5 Å². The molecule has 0 spiro atoms. The van der Waals surface area contributed by atoms with E-state index >= 15 is 0 Å². The molecule has 11 rings (SSSR count). The highest BCUT2D eigenvalue weighted by atomic mass is 15.2. The normalized spacial score (nSPS) is 12.4. The fourth-order valence-electron chi connectivity index (χ4n) is 8.58. The van der Waals surface area contributed by atoms with Crippen molar-refractivity contribution in [2.75, 3.05) is 4.90 Å². The topological polar surface area (TPSA) is 59.7 Å². The molecule has 0 atom stereocenters. The number of rotatable bonds is 10. The quantitative estimate of drug-likeness (QED) is 0.137.